The Kier molecular flexibility index (Phi) is 7.98. The quantitative estimate of drug-likeness (QED) is 0.181. The molecule has 0 aliphatic rings. The average molecular weight is 484 g/mol. The summed E-state index contributed by atoms with van der Waals surface area (Å²) in [7, 11) is 1.79. The van der Waals surface area contributed by atoms with Crippen molar-refractivity contribution in [1.29, 1.82) is 0 Å². The summed E-state index contributed by atoms with van der Waals surface area (Å²) in [5.41, 5.74) is 2.00. The summed E-state index contributed by atoms with van der Waals surface area (Å²) in [6.45, 7) is 5.23. The fraction of sp³-hybridized carbons (Fsp3) is 0.200. The summed E-state index contributed by atoms with van der Waals surface area (Å²) in [5.74, 6) is 0.501. The Morgan fingerprint density at radius 2 is 1.86 bits per heavy atom. The number of amidine groups is 1. The SMILES string of the molecule is CC(=N/C(OS(=O)c1ccc(C)cc1)=C(/C)C=O)N(C)c1cccc(Br)c1Cl. The summed E-state index contributed by atoms with van der Waals surface area (Å²) in [6, 6.07) is 12.6. The minimum absolute atomic E-state index is 0.00984. The fourth-order valence-electron chi connectivity index (χ4n) is 2.14. The molecule has 0 spiro atoms. The van der Waals surface area contributed by atoms with E-state index in [4.69, 9.17) is 15.8 Å². The molecule has 0 bridgehead atoms. The molecule has 28 heavy (non-hydrogen) atoms. The predicted octanol–water partition coefficient (Wildman–Crippen LogP) is 5.44. The molecular formula is C20H20BrClN2O3S. The van der Waals surface area contributed by atoms with Gasteiger partial charge in [0.25, 0.3) is 0 Å². The number of carbonyl (C=O) groups is 1. The van der Waals surface area contributed by atoms with Crippen molar-refractivity contribution in [3.63, 3.8) is 0 Å². The Labute approximate surface area is 180 Å². The zero-order valence-corrected chi connectivity index (χ0v) is 19.1. The van der Waals surface area contributed by atoms with Crippen LogP contribution in [0.2, 0.25) is 5.02 Å². The van der Waals surface area contributed by atoms with Crippen LogP contribution in [0.3, 0.4) is 0 Å². The van der Waals surface area contributed by atoms with Crippen LogP contribution < -0.4 is 4.90 Å². The number of aldehydes is 1. The summed E-state index contributed by atoms with van der Waals surface area (Å²) in [6.07, 6.45) is 0.616. The lowest BCUT2D eigenvalue weighted by atomic mass is 10.2. The Bertz CT molecular complexity index is 958. The van der Waals surface area contributed by atoms with Crippen molar-refractivity contribution in [2.45, 2.75) is 25.7 Å². The summed E-state index contributed by atoms with van der Waals surface area (Å²) in [4.78, 5) is 17.9. The van der Waals surface area contributed by atoms with Gasteiger partial charge in [-0.05, 0) is 61.0 Å². The van der Waals surface area contributed by atoms with E-state index in [0.29, 0.717) is 22.0 Å². The molecule has 0 N–H and O–H groups in total. The highest BCUT2D eigenvalue weighted by Crippen LogP contribution is 2.32. The molecule has 0 saturated heterocycles. The molecule has 1 unspecified atom stereocenters. The van der Waals surface area contributed by atoms with Crippen molar-refractivity contribution in [2.24, 2.45) is 4.99 Å². The van der Waals surface area contributed by atoms with Gasteiger partial charge in [0.2, 0.25) is 17.0 Å². The van der Waals surface area contributed by atoms with Gasteiger partial charge in [0.1, 0.15) is 5.84 Å². The standard InChI is InChI=1S/C20H20BrClN2O3S/c1-13-8-10-16(11-9-13)28(26)27-20(14(2)12-25)23-15(3)24(4)18-7-5-6-17(21)19(18)22/h5-12H,1-4H3/b20-14+,23-15?. The van der Waals surface area contributed by atoms with Crippen molar-refractivity contribution in [2.75, 3.05) is 11.9 Å². The maximum Gasteiger partial charge on any atom is 0.242 e. The number of hydrogen-bond donors (Lipinski definition) is 0. The number of halogens is 2. The fourth-order valence-corrected chi connectivity index (χ4v) is 3.51. The first kappa shape index (κ1) is 22.3. The number of carbonyl (C=O) groups excluding carboxylic acids is 1. The molecule has 0 saturated carbocycles. The molecule has 2 rings (SSSR count). The van der Waals surface area contributed by atoms with Gasteiger partial charge >= 0.3 is 0 Å². The van der Waals surface area contributed by atoms with Crippen molar-refractivity contribution in [3.05, 3.63) is 69.0 Å². The Morgan fingerprint density at radius 1 is 1.21 bits per heavy atom. The molecule has 8 heteroatoms. The third-order valence-electron chi connectivity index (χ3n) is 3.92. The zero-order chi connectivity index (χ0) is 20.8. The Hall–Kier alpha value is -1.96. The summed E-state index contributed by atoms with van der Waals surface area (Å²) in [5, 5.41) is 0.529. The molecular weight excluding hydrogens is 464 g/mol. The molecule has 2 aromatic rings. The topological polar surface area (TPSA) is 59.0 Å². The van der Waals surface area contributed by atoms with Crippen LogP contribution in [0.1, 0.15) is 19.4 Å². The molecule has 0 amide bonds. The first-order valence-electron chi connectivity index (χ1n) is 8.30. The number of benzene rings is 2. The Balaban J connectivity index is 2.33. The minimum Gasteiger partial charge on any atom is -0.376 e. The average Bonchev–Trinajstić information content (AvgIpc) is 2.68. The minimum atomic E-state index is -1.80. The van der Waals surface area contributed by atoms with Crippen molar-refractivity contribution in [3.8, 4) is 0 Å². The highest BCUT2D eigenvalue weighted by molar-refractivity contribution is 9.10. The predicted molar refractivity (Wildman–Crippen MR) is 118 cm³/mol. The van der Waals surface area contributed by atoms with Crippen LogP contribution in [0.4, 0.5) is 5.69 Å². The van der Waals surface area contributed by atoms with E-state index in [-0.39, 0.29) is 11.5 Å². The molecule has 5 nitrogen and oxygen atoms in total. The van der Waals surface area contributed by atoms with Gasteiger partial charge in [-0.15, -0.1) is 0 Å². The normalized spacial score (nSPS) is 13.6. The van der Waals surface area contributed by atoms with Crippen LogP contribution in [-0.4, -0.2) is 23.4 Å². The molecule has 1 atom stereocenters. The van der Waals surface area contributed by atoms with E-state index in [0.717, 1.165) is 15.7 Å². The lowest BCUT2D eigenvalue weighted by Crippen LogP contribution is -2.24. The monoisotopic (exact) mass is 482 g/mol. The van der Waals surface area contributed by atoms with Crippen LogP contribution in [-0.2, 0) is 20.1 Å². The van der Waals surface area contributed by atoms with E-state index in [1.807, 2.05) is 37.3 Å². The van der Waals surface area contributed by atoms with Crippen LogP contribution in [0.15, 0.2) is 68.3 Å². The second kappa shape index (κ2) is 10.0. The molecule has 0 radical (unpaired) electrons. The molecule has 0 aliphatic carbocycles. The highest BCUT2D eigenvalue weighted by atomic mass is 79.9. The number of aryl methyl sites for hydroxylation is 1. The molecule has 0 heterocycles. The molecule has 0 aromatic heterocycles. The molecule has 2 aromatic carbocycles. The van der Waals surface area contributed by atoms with Gasteiger partial charge in [0, 0.05) is 11.5 Å². The number of allylic oxidation sites excluding steroid dienone is 1. The van der Waals surface area contributed by atoms with Crippen LogP contribution >= 0.6 is 27.5 Å². The molecule has 148 valence electrons. The van der Waals surface area contributed by atoms with Gasteiger partial charge < -0.3 is 9.08 Å². The van der Waals surface area contributed by atoms with E-state index < -0.39 is 11.1 Å². The third-order valence-corrected chi connectivity index (χ3v) is 6.18. The van der Waals surface area contributed by atoms with Crippen LogP contribution in [0, 0.1) is 6.92 Å². The van der Waals surface area contributed by atoms with Gasteiger partial charge in [-0.1, -0.05) is 35.4 Å². The zero-order valence-electron chi connectivity index (χ0n) is 15.9. The van der Waals surface area contributed by atoms with E-state index >= 15 is 0 Å². The van der Waals surface area contributed by atoms with E-state index in [9.17, 15) is 9.00 Å². The molecule has 0 fully saturated rings. The van der Waals surface area contributed by atoms with Gasteiger partial charge in [-0.3, -0.25) is 4.79 Å². The lowest BCUT2D eigenvalue weighted by molar-refractivity contribution is -0.105. The van der Waals surface area contributed by atoms with E-state index in [1.54, 1.807) is 37.9 Å². The largest absolute Gasteiger partial charge is 0.376 e. The highest BCUT2D eigenvalue weighted by Gasteiger charge is 2.15. The summed E-state index contributed by atoms with van der Waals surface area (Å²) >= 11 is 7.94. The maximum atomic E-state index is 12.5. The smallest absolute Gasteiger partial charge is 0.242 e. The van der Waals surface area contributed by atoms with Gasteiger partial charge in [0.05, 0.1) is 21.2 Å². The first-order valence-corrected chi connectivity index (χ1v) is 10.5. The summed E-state index contributed by atoms with van der Waals surface area (Å²) < 4.78 is 18.8. The number of rotatable bonds is 6. The van der Waals surface area contributed by atoms with E-state index in [1.165, 1.54) is 0 Å². The second-order valence-electron chi connectivity index (χ2n) is 6.03. The van der Waals surface area contributed by atoms with Gasteiger partial charge in [-0.25, -0.2) is 4.21 Å². The maximum absolute atomic E-state index is 12.5. The van der Waals surface area contributed by atoms with Crippen LogP contribution in [0.25, 0.3) is 0 Å². The van der Waals surface area contributed by atoms with Gasteiger partial charge in [-0.2, -0.15) is 4.99 Å². The van der Waals surface area contributed by atoms with Crippen molar-refractivity contribution >= 4 is 56.4 Å². The lowest BCUT2D eigenvalue weighted by Gasteiger charge is -2.21. The third kappa shape index (κ3) is 5.53. The Morgan fingerprint density at radius 3 is 2.46 bits per heavy atom. The second-order valence-corrected chi connectivity index (χ2v) is 8.37. The number of hydrogen-bond acceptors (Lipinski definition) is 4. The van der Waals surface area contributed by atoms with Crippen LogP contribution in [0.5, 0.6) is 0 Å². The molecule has 0 aliphatic heterocycles. The van der Waals surface area contributed by atoms with Gasteiger partial charge in [0.15, 0.2) is 6.29 Å². The first-order chi connectivity index (χ1) is 13.2. The number of nitrogens with zero attached hydrogens (tertiary/aromatic N) is 2. The number of anilines is 1. The van der Waals surface area contributed by atoms with E-state index in [2.05, 4.69) is 20.9 Å². The van der Waals surface area contributed by atoms with Crippen molar-refractivity contribution < 1.29 is 13.2 Å². The van der Waals surface area contributed by atoms with Crippen molar-refractivity contribution in [1.82, 2.24) is 0 Å². The number of aliphatic imine (C=N–C) groups is 1.